The smallest absolute Gasteiger partial charge is 0.422 e. The zero-order valence-electron chi connectivity index (χ0n) is 18.2. The Morgan fingerprint density at radius 3 is 2.34 bits per heavy atom. The monoisotopic (exact) mass is 551 g/mol. The Kier molecular flexibility index (Phi) is 7.30. The Hall–Kier alpha value is -2.01. The number of rotatable bonds is 8. The maximum Gasteiger partial charge on any atom is 0.422 e. The summed E-state index contributed by atoms with van der Waals surface area (Å²) >= 11 is 12.1. The van der Waals surface area contributed by atoms with Crippen molar-refractivity contribution in [1.29, 1.82) is 0 Å². The number of sulfone groups is 1. The average molecular weight is 552 g/mol. The van der Waals surface area contributed by atoms with Gasteiger partial charge in [-0.25, -0.2) is 8.42 Å². The number of nitrogens with zero attached hydrogens (tertiary/aromatic N) is 1. The van der Waals surface area contributed by atoms with E-state index in [4.69, 9.17) is 23.2 Å². The molecule has 1 heterocycles. The molecule has 4 rings (SSSR count). The number of hydrogen-bond acceptors (Lipinski definition) is 5. The minimum atomic E-state index is -4.56. The Balaban J connectivity index is 1.60. The van der Waals surface area contributed by atoms with Gasteiger partial charge in [-0.05, 0) is 55.0 Å². The molecule has 1 aliphatic carbocycles. The molecule has 1 N–H and O–H groups in total. The highest BCUT2D eigenvalue weighted by Gasteiger charge is 2.49. The molecule has 1 saturated carbocycles. The van der Waals surface area contributed by atoms with E-state index in [0.717, 1.165) is 36.6 Å². The number of carboxylic acid groups (broad SMARTS) is 1. The summed E-state index contributed by atoms with van der Waals surface area (Å²) in [5, 5.41) is 9.10. The first-order chi connectivity index (χ1) is 16.4. The average Bonchev–Trinajstić information content (AvgIpc) is 3.49. The maximum atomic E-state index is 13.4. The summed E-state index contributed by atoms with van der Waals surface area (Å²) in [4.78, 5) is 13.6. The number of carbonyl (C=O) groups is 1. The lowest BCUT2D eigenvalue weighted by Crippen LogP contribution is -2.40. The molecule has 2 aromatic carbocycles. The van der Waals surface area contributed by atoms with E-state index in [1.165, 1.54) is 0 Å². The van der Waals surface area contributed by atoms with Crippen LogP contribution in [0.15, 0.2) is 47.4 Å². The van der Waals surface area contributed by atoms with Crippen molar-refractivity contribution in [1.82, 2.24) is 4.90 Å². The predicted octanol–water partition coefficient (Wildman–Crippen LogP) is 5.39. The number of alkyl halides is 3. The quantitative estimate of drug-likeness (QED) is 0.473. The predicted molar refractivity (Wildman–Crippen MR) is 124 cm³/mol. The van der Waals surface area contributed by atoms with E-state index >= 15 is 0 Å². The van der Waals surface area contributed by atoms with Crippen molar-refractivity contribution in [3.8, 4) is 5.75 Å². The van der Waals surface area contributed by atoms with Crippen molar-refractivity contribution in [2.75, 3.05) is 13.2 Å². The summed E-state index contributed by atoms with van der Waals surface area (Å²) in [6, 6.07) is 8.99. The standard InChI is InChI=1S/C23H22Cl2F3NO5S/c24-15-5-3-14(4-6-15)21(13-1-2-13)29-11-17(10-19(29)22(30)31)35(32,33)20-8-7-16(9-18(20)25)34-12-23(26,27)28/h3-9,13,17,19,21H,1-2,10-12H2,(H,30,31)/t17-,19+,21?/m1/s1. The summed E-state index contributed by atoms with van der Waals surface area (Å²) in [6.45, 7) is -1.56. The van der Waals surface area contributed by atoms with Crippen LogP contribution in [0.1, 0.15) is 30.9 Å². The lowest BCUT2D eigenvalue weighted by atomic mass is 9.99. The normalized spacial score (nSPS) is 22.2. The molecule has 12 heteroatoms. The van der Waals surface area contributed by atoms with Gasteiger partial charge in [0, 0.05) is 23.7 Å². The van der Waals surface area contributed by atoms with Crippen LogP contribution in [0, 0.1) is 5.92 Å². The van der Waals surface area contributed by atoms with Gasteiger partial charge in [0.15, 0.2) is 16.4 Å². The molecule has 0 bridgehead atoms. The van der Waals surface area contributed by atoms with Gasteiger partial charge < -0.3 is 9.84 Å². The van der Waals surface area contributed by atoms with Gasteiger partial charge in [-0.3, -0.25) is 9.69 Å². The molecule has 190 valence electrons. The van der Waals surface area contributed by atoms with E-state index in [-0.39, 0.29) is 40.6 Å². The fraction of sp³-hybridized carbons (Fsp3) is 0.435. The minimum Gasteiger partial charge on any atom is -0.484 e. The third-order valence-corrected chi connectivity index (χ3v) is 9.14. The molecule has 2 aliphatic rings. The van der Waals surface area contributed by atoms with Crippen LogP contribution in [-0.2, 0) is 14.6 Å². The van der Waals surface area contributed by atoms with Gasteiger partial charge in [-0.15, -0.1) is 0 Å². The van der Waals surface area contributed by atoms with Crippen LogP contribution < -0.4 is 4.74 Å². The molecule has 35 heavy (non-hydrogen) atoms. The van der Waals surface area contributed by atoms with Gasteiger partial charge in [0.1, 0.15) is 11.8 Å². The summed E-state index contributed by atoms with van der Waals surface area (Å²) in [5.74, 6) is -1.14. The molecule has 0 spiro atoms. The van der Waals surface area contributed by atoms with Crippen LogP contribution in [0.2, 0.25) is 10.0 Å². The second-order valence-electron chi connectivity index (χ2n) is 8.78. The third-order valence-electron chi connectivity index (χ3n) is 6.27. The van der Waals surface area contributed by atoms with Crippen molar-refractivity contribution in [2.45, 2.75) is 47.7 Å². The molecule has 0 radical (unpaired) electrons. The number of likely N-dealkylation sites (tertiary alicyclic amines) is 1. The second-order valence-corrected chi connectivity index (χ2v) is 11.8. The van der Waals surface area contributed by atoms with Crippen LogP contribution in [0.4, 0.5) is 13.2 Å². The highest BCUT2D eigenvalue weighted by molar-refractivity contribution is 7.92. The molecule has 1 saturated heterocycles. The summed E-state index contributed by atoms with van der Waals surface area (Å²) < 4.78 is 68.7. The highest BCUT2D eigenvalue weighted by Crippen LogP contribution is 2.48. The van der Waals surface area contributed by atoms with E-state index in [0.29, 0.717) is 5.02 Å². The molecule has 6 nitrogen and oxygen atoms in total. The molecule has 0 aromatic heterocycles. The number of aliphatic carboxylic acids is 1. The minimum absolute atomic E-state index is 0.0221. The number of carboxylic acids is 1. The number of ether oxygens (including phenoxy) is 1. The lowest BCUT2D eigenvalue weighted by Gasteiger charge is -2.32. The van der Waals surface area contributed by atoms with Gasteiger partial charge >= 0.3 is 12.1 Å². The summed E-state index contributed by atoms with van der Waals surface area (Å²) in [7, 11) is -4.09. The van der Waals surface area contributed by atoms with Gasteiger partial charge in [-0.1, -0.05) is 35.3 Å². The topological polar surface area (TPSA) is 83.9 Å². The number of hydrogen-bond donors (Lipinski definition) is 1. The van der Waals surface area contributed by atoms with E-state index in [1.807, 2.05) is 12.1 Å². The van der Waals surface area contributed by atoms with Gasteiger partial charge in [0.2, 0.25) is 0 Å². The molecular weight excluding hydrogens is 530 g/mol. The van der Waals surface area contributed by atoms with E-state index in [1.54, 1.807) is 17.0 Å². The van der Waals surface area contributed by atoms with E-state index in [2.05, 4.69) is 4.74 Å². The SMILES string of the molecule is O=C(O)[C@@H]1C[C@@H](S(=O)(=O)c2ccc(OCC(F)(F)F)cc2Cl)CN1C(c1ccc(Cl)cc1)C1CC1. The van der Waals surface area contributed by atoms with Crippen LogP contribution >= 0.6 is 23.2 Å². The Labute approximate surface area is 210 Å². The highest BCUT2D eigenvalue weighted by atomic mass is 35.5. The second kappa shape index (κ2) is 9.80. The number of benzene rings is 2. The van der Waals surface area contributed by atoms with Gasteiger partial charge in [0.05, 0.1) is 15.2 Å². The third kappa shape index (κ3) is 5.87. The summed E-state index contributed by atoms with van der Waals surface area (Å²) in [5.41, 5.74) is 0.866. The van der Waals surface area contributed by atoms with Gasteiger partial charge in [0.25, 0.3) is 0 Å². The Morgan fingerprint density at radius 1 is 1.14 bits per heavy atom. The molecule has 1 unspecified atom stereocenters. The molecule has 1 aliphatic heterocycles. The molecular formula is C23H22Cl2F3NO5S. The Bertz CT molecular complexity index is 1200. The van der Waals surface area contributed by atoms with E-state index < -0.39 is 39.9 Å². The van der Waals surface area contributed by atoms with E-state index in [9.17, 15) is 31.5 Å². The first kappa shape index (κ1) is 26.1. The zero-order valence-corrected chi connectivity index (χ0v) is 20.5. The first-order valence-corrected chi connectivity index (χ1v) is 13.1. The largest absolute Gasteiger partial charge is 0.484 e. The van der Waals surface area contributed by atoms with Crippen molar-refractivity contribution >= 4 is 39.0 Å². The maximum absolute atomic E-state index is 13.4. The zero-order chi connectivity index (χ0) is 25.5. The molecule has 0 amide bonds. The fourth-order valence-corrected chi connectivity index (χ4v) is 6.92. The summed E-state index contributed by atoms with van der Waals surface area (Å²) in [6.07, 6.45) is -2.90. The van der Waals surface area contributed by atoms with Crippen molar-refractivity contribution < 1.29 is 36.2 Å². The van der Waals surface area contributed by atoms with Crippen LogP contribution in [-0.4, -0.2) is 55.0 Å². The van der Waals surface area contributed by atoms with Crippen molar-refractivity contribution in [2.24, 2.45) is 5.92 Å². The van der Waals surface area contributed by atoms with Crippen molar-refractivity contribution in [3.05, 3.63) is 58.1 Å². The van der Waals surface area contributed by atoms with Crippen LogP contribution in [0.3, 0.4) is 0 Å². The molecule has 2 aromatic rings. The van der Waals surface area contributed by atoms with Gasteiger partial charge in [-0.2, -0.15) is 13.2 Å². The van der Waals surface area contributed by atoms with Crippen LogP contribution in [0.25, 0.3) is 0 Å². The molecule has 3 atom stereocenters. The van der Waals surface area contributed by atoms with Crippen LogP contribution in [0.5, 0.6) is 5.75 Å². The fourth-order valence-electron chi connectivity index (χ4n) is 4.55. The number of halogens is 5. The van der Waals surface area contributed by atoms with Crippen molar-refractivity contribution in [3.63, 3.8) is 0 Å². The molecule has 2 fully saturated rings. The first-order valence-electron chi connectivity index (χ1n) is 10.8. The lowest BCUT2D eigenvalue weighted by molar-refractivity contribution is -0.153. The Morgan fingerprint density at radius 2 is 1.80 bits per heavy atom.